The second-order valence-electron chi connectivity index (χ2n) is 4.27. The number of fused-ring (bicyclic) bond motifs is 1. The van der Waals surface area contributed by atoms with Gasteiger partial charge in [-0.05, 0) is 0 Å². The van der Waals surface area contributed by atoms with Crippen LogP contribution in [0.2, 0.25) is 0 Å². The predicted molar refractivity (Wildman–Crippen MR) is 58.4 cm³/mol. The minimum atomic E-state index is -0.0299. The zero-order chi connectivity index (χ0) is 11.8. The summed E-state index contributed by atoms with van der Waals surface area (Å²) >= 11 is 0. The third-order valence-corrected chi connectivity index (χ3v) is 3.26. The Morgan fingerprint density at radius 3 is 3.12 bits per heavy atom. The molecule has 1 atom stereocenters. The van der Waals surface area contributed by atoms with Crippen LogP contribution < -0.4 is 5.32 Å². The molecule has 2 saturated heterocycles. The van der Waals surface area contributed by atoms with Crippen molar-refractivity contribution in [2.75, 3.05) is 26.2 Å². The van der Waals surface area contributed by atoms with Crippen LogP contribution in [0, 0.1) is 0 Å². The van der Waals surface area contributed by atoms with Crippen molar-refractivity contribution in [2.24, 2.45) is 0 Å². The average Bonchev–Trinajstić information content (AvgIpc) is 2.98. The molecular formula is C10H13N5O2. The number of amides is 3. The van der Waals surface area contributed by atoms with Gasteiger partial charge in [0.05, 0.1) is 17.8 Å². The van der Waals surface area contributed by atoms with E-state index in [0.29, 0.717) is 31.7 Å². The Morgan fingerprint density at radius 2 is 2.35 bits per heavy atom. The highest BCUT2D eigenvalue weighted by molar-refractivity contribution is 5.94. The van der Waals surface area contributed by atoms with Gasteiger partial charge >= 0.3 is 6.03 Å². The monoisotopic (exact) mass is 235 g/mol. The summed E-state index contributed by atoms with van der Waals surface area (Å²) in [5.41, 5.74) is 0.565. The van der Waals surface area contributed by atoms with Gasteiger partial charge in [0.1, 0.15) is 0 Å². The maximum Gasteiger partial charge on any atom is 0.317 e. The number of rotatable bonds is 1. The molecule has 2 aliphatic rings. The van der Waals surface area contributed by atoms with Gasteiger partial charge < -0.3 is 15.1 Å². The zero-order valence-corrected chi connectivity index (χ0v) is 9.22. The molecule has 90 valence electrons. The molecular weight excluding hydrogens is 222 g/mol. The second-order valence-corrected chi connectivity index (χ2v) is 4.27. The Morgan fingerprint density at radius 1 is 1.47 bits per heavy atom. The van der Waals surface area contributed by atoms with Gasteiger partial charge in [0, 0.05) is 32.4 Å². The van der Waals surface area contributed by atoms with E-state index in [9.17, 15) is 9.59 Å². The number of aromatic nitrogens is 2. The number of nitrogens with zero attached hydrogens (tertiary/aromatic N) is 3. The third kappa shape index (κ3) is 1.63. The van der Waals surface area contributed by atoms with Crippen LogP contribution in [0.5, 0.6) is 0 Å². The summed E-state index contributed by atoms with van der Waals surface area (Å²) < 4.78 is 0. The molecule has 1 aromatic rings. The molecule has 0 bridgehead atoms. The van der Waals surface area contributed by atoms with Gasteiger partial charge in [0.2, 0.25) is 0 Å². The SMILES string of the molecule is O=C(c1cn[nH]c1)N1CCN2C(=O)NCC2C1. The first-order valence-corrected chi connectivity index (χ1v) is 5.58. The summed E-state index contributed by atoms with van der Waals surface area (Å²) in [5.74, 6) is -0.0299. The normalized spacial score (nSPS) is 23.5. The summed E-state index contributed by atoms with van der Waals surface area (Å²) in [4.78, 5) is 27.0. The molecule has 0 spiro atoms. The molecule has 7 heteroatoms. The minimum absolute atomic E-state index is 0.0228. The van der Waals surface area contributed by atoms with Crippen molar-refractivity contribution < 1.29 is 9.59 Å². The van der Waals surface area contributed by atoms with Crippen molar-refractivity contribution in [1.82, 2.24) is 25.3 Å². The van der Waals surface area contributed by atoms with Crippen molar-refractivity contribution >= 4 is 11.9 Å². The predicted octanol–water partition coefficient (Wildman–Crippen LogP) is -0.741. The number of H-pyrrole nitrogens is 1. The molecule has 2 fully saturated rings. The van der Waals surface area contributed by atoms with E-state index in [1.165, 1.54) is 6.20 Å². The average molecular weight is 235 g/mol. The van der Waals surface area contributed by atoms with E-state index in [4.69, 9.17) is 0 Å². The van der Waals surface area contributed by atoms with E-state index in [2.05, 4.69) is 15.5 Å². The van der Waals surface area contributed by atoms with Gasteiger partial charge in [0.25, 0.3) is 5.91 Å². The molecule has 7 nitrogen and oxygen atoms in total. The second kappa shape index (κ2) is 3.76. The molecule has 17 heavy (non-hydrogen) atoms. The van der Waals surface area contributed by atoms with Gasteiger partial charge in [-0.15, -0.1) is 0 Å². The van der Waals surface area contributed by atoms with Gasteiger partial charge in [-0.25, -0.2) is 4.79 Å². The lowest BCUT2D eigenvalue weighted by Gasteiger charge is -2.36. The number of aromatic amines is 1. The zero-order valence-electron chi connectivity index (χ0n) is 9.22. The molecule has 3 rings (SSSR count). The molecule has 0 saturated carbocycles. The van der Waals surface area contributed by atoms with Gasteiger partial charge in [-0.1, -0.05) is 0 Å². The maximum absolute atomic E-state index is 12.1. The lowest BCUT2D eigenvalue weighted by atomic mass is 10.2. The summed E-state index contributed by atoms with van der Waals surface area (Å²) in [6.45, 7) is 2.38. The fourth-order valence-electron chi connectivity index (χ4n) is 2.34. The van der Waals surface area contributed by atoms with Crippen LogP contribution in [0.4, 0.5) is 4.79 Å². The van der Waals surface area contributed by atoms with Crippen molar-refractivity contribution in [2.45, 2.75) is 6.04 Å². The maximum atomic E-state index is 12.1. The van der Waals surface area contributed by atoms with Crippen molar-refractivity contribution in [3.8, 4) is 0 Å². The van der Waals surface area contributed by atoms with Crippen molar-refractivity contribution in [3.63, 3.8) is 0 Å². The first kappa shape index (κ1) is 10.1. The van der Waals surface area contributed by atoms with Crippen LogP contribution in [-0.2, 0) is 0 Å². The number of urea groups is 1. The van der Waals surface area contributed by atoms with E-state index in [1.54, 1.807) is 16.0 Å². The quantitative estimate of drug-likeness (QED) is 0.672. The van der Waals surface area contributed by atoms with Crippen LogP contribution in [0.3, 0.4) is 0 Å². The number of carbonyl (C=O) groups excluding carboxylic acids is 2. The molecule has 1 aromatic heterocycles. The lowest BCUT2D eigenvalue weighted by Crippen LogP contribution is -2.53. The third-order valence-electron chi connectivity index (χ3n) is 3.26. The van der Waals surface area contributed by atoms with Crippen LogP contribution in [0.25, 0.3) is 0 Å². The van der Waals surface area contributed by atoms with Gasteiger partial charge in [0.15, 0.2) is 0 Å². The largest absolute Gasteiger partial charge is 0.336 e. The first-order chi connectivity index (χ1) is 8.25. The molecule has 1 unspecified atom stereocenters. The molecule has 2 aliphatic heterocycles. The van der Waals surface area contributed by atoms with Crippen molar-refractivity contribution in [1.29, 1.82) is 0 Å². The Bertz CT molecular complexity index is 444. The van der Waals surface area contributed by atoms with Crippen LogP contribution in [0.1, 0.15) is 10.4 Å². The summed E-state index contributed by atoms with van der Waals surface area (Å²) in [6, 6.07) is 0.0810. The molecule has 0 radical (unpaired) electrons. The lowest BCUT2D eigenvalue weighted by molar-refractivity contribution is 0.0617. The Labute approximate surface area is 97.8 Å². The van der Waals surface area contributed by atoms with Crippen LogP contribution >= 0.6 is 0 Å². The Kier molecular flexibility index (Phi) is 2.24. The summed E-state index contributed by atoms with van der Waals surface area (Å²) in [7, 11) is 0. The number of carbonyl (C=O) groups is 2. The topological polar surface area (TPSA) is 81.3 Å². The number of piperazine rings is 1. The summed E-state index contributed by atoms with van der Waals surface area (Å²) in [6.07, 6.45) is 3.11. The van der Waals surface area contributed by atoms with E-state index < -0.39 is 0 Å². The molecule has 3 heterocycles. The number of hydrogen-bond donors (Lipinski definition) is 2. The van der Waals surface area contributed by atoms with Crippen molar-refractivity contribution in [3.05, 3.63) is 18.0 Å². The highest BCUT2D eigenvalue weighted by Gasteiger charge is 2.37. The summed E-state index contributed by atoms with van der Waals surface area (Å²) in [5, 5.41) is 9.18. The molecule has 0 aliphatic carbocycles. The van der Waals surface area contributed by atoms with E-state index in [0.717, 1.165) is 0 Å². The van der Waals surface area contributed by atoms with Gasteiger partial charge in [-0.3, -0.25) is 9.89 Å². The fraction of sp³-hybridized carbons (Fsp3) is 0.500. The Balaban J connectivity index is 1.71. The van der Waals surface area contributed by atoms with E-state index in [-0.39, 0.29) is 18.0 Å². The smallest absolute Gasteiger partial charge is 0.317 e. The number of hydrogen-bond acceptors (Lipinski definition) is 3. The fourth-order valence-corrected chi connectivity index (χ4v) is 2.34. The van der Waals surface area contributed by atoms with E-state index >= 15 is 0 Å². The van der Waals surface area contributed by atoms with Gasteiger partial charge in [-0.2, -0.15) is 5.10 Å². The highest BCUT2D eigenvalue weighted by Crippen LogP contribution is 2.15. The Hall–Kier alpha value is -2.05. The molecule has 2 N–H and O–H groups in total. The highest BCUT2D eigenvalue weighted by atomic mass is 16.2. The van der Waals surface area contributed by atoms with Crippen LogP contribution in [0.15, 0.2) is 12.4 Å². The number of nitrogens with one attached hydrogen (secondary N) is 2. The first-order valence-electron chi connectivity index (χ1n) is 5.58. The van der Waals surface area contributed by atoms with Crippen LogP contribution in [-0.4, -0.2) is 64.2 Å². The molecule has 3 amide bonds. The van der Waals surface area contributed by atoms with E-state index in [1.807, 2.05) is 0 Å². The standard InChI is InChI=1S/C10H13N5O2/c16-9(7-3-12-13-4-7)14-1-2-15-8(6-14)5-11-10(15)17/h3-4,8H,1-2,5-6H2,(H,11,17)(H,12,13). The molecule has 0 aromatic carbocycles. The minimum Gasteiger partial charge on any atom is -0.336 e.